The van der Waals surface area contributed by atoms with Gasteiger partial charge in [0.25, 0.3) is 0 Å². The smallest absolute Gasteiger partial charge is 0.126 e. The van der Waals surface area contributed by atoms with Gasteiger partial charge in [0.1, 0.15) is 5.82 Å². The van der Waals surface area contributed by atoms with E-state index in [1.807, 2.05) is 0 Å². The number of hydrogen-bond donors (Lipinski definition) is 2. The third kappa shape index (κ3) is 2.44. The lowest BCUT2D eigenvalue weighted by Gasteiger charge is -2.26. The quantitative estimate of drug-likeness (QED) is 0.822. The molecule has 0 bridgehead atoms. The summed E-state index contributed by atoms with van der Waals surface area (Å²) in [6.07, 6.45) is 7.44. The van der Waals surface area contributed by atoms with E-state index in [2.05, 4.69) is 17.4 Å². The summed E-state index contributed by atoms with van der Waals surface area (Å²) in [7, 11) is 0. The SMILES string of the molecule is OC1CCC(Nc2ccc3c(n2)CCC3)CC1. The number of hydrogen-bond acceptors (Lipinski definition) is 3. The number of aliphatic hydroxyl groups excluding tert-OH is 1. The van der Waals surface area contributed by atoms with Gasteiger partial charge < -0.3 is 10.4 Å². The van der Waals surface area contributed by atoms with E-state index in [-0.39, 0.29) is 6.10 Å². The molecule has 1 fully saturated rings. The molecule has 0 saturated heterocycles. The molecular formula is C14H20N2O. The van der Waals surface area contributed by atoms with E-state index in [4.69, 9.17) is 4.98 Å². The number of nitrogens with one attached hydrogen (secondary N) is 1. The van der Waals surface area contributed by atoms with Crippen molar-refractivity contribution in [3.05, 3.63) is 23.4 Å². The van der Waals surface area contributed by atoms with Gasteiger partial charge in [0, 0.05) is 11.7 Å². The molecule has 1 heterocycles. The van der Waals surface area contributed by atoms with Gasteiger partial charge in [-0.2, -0.15) is 0 Å². The number of aryl methyl sites for hydroxylation is 2. The molecule has 92 valence electrons. The standard InChI is InChI=1S/C14H20N2O/c17-12-7-5-11(6-8-12)15-14-9-4-10-2-1-3-13(10)16-14/h4,9,11-12,17H,1-3,5-8H2,(H,15,16). The topological polar surface area (TPSA) is 45.1 Å². The number of anilines is 1. The first kappa shape index (κ1) is 11.0. The Bertz CT molecular complexity index is 397. The van der Waals surface area contributed by atoms with Gasteiger partial charge >= 0.3 is 0 Å². The molecule has 2 aliphatic rings. The minimum Gasteiger partial charge on any atom is -0.393 e. The van der Waals surface area contributed by atoms with E-state index in [0.29, 0.717) is 6.04 Å². The lowest BCUT2D eigenvalue weighted by molar-refractivity contribution is 0.126. The average molecular weight is 232 g/mol. The highest BCUT2D eigenvalue weighted by Gasteiger charge is 2.20. The molecule has 3 rings (SSSR count). The van der Waals surface area contributed by atoms with Crippen LogP contribution in [-0.4, -0.2) is 22.2 Å². The summed E-state index contributed by atoms with van der Waals surface area (Å²) >= 11 is 0. The lowest BCUT2D eigenvalue weighted by atomic mass is 9.93. The molecule has 0 aromatic carbocycles. The zero-order chi connectivity index (χ0) is 11.7. The first-order chi connectivity index (χ1) is 8.31. The zero-order valence-corrected chi connectivity index (χ0v) is 10.2. The maximum atomic E-state index is 9.48. The molecule has 0 aliphatic heterocycles. The summed E-state index contributed by atoms with van der Waals surface area (Å²) < 4.78 is 0. The predicted molar refractivity (Wildman–Crippen MR) is 68.1 cm³/mol. The second-order valence-corrected chi connectivity index (χ2v) is 5.31. The summed E-state index contributed by atoms with van der Waals surface area (Å²) in [5, 5.41) is 13.0. The first-order valence-corrected chi connectivity index (χ1v) is 6.74. The van der Waals surface area contributed by atoms with Crippen molar-refractivity contribution in [2.75, 3.05) is 5.32 Å². The molecule has 0 spiro atoms. The molecule has 0 amide bonds. The Hall–Kier alpha value is -1.09. The lowest BCUT2D eigenvalue weighted by Crippen LogP contribution is -2.28. The molecular weight excluding hydrogens is 212 g/mol. The summed E-state index contributed by atoms with van der Waals surface area (Å²) in [4.78, 5) is 4.69. The Balaban J connectivity index is 1.65. The molecule has 3 heteroatoms. The third-order valence-corrected chi connectivity index (χ3v) is 3.98. The molecule has 17 heavy (non-hydrogen) atoms. The highest BCUT2D eigenvalue weighted by Crippen LogP contribution is 2.24. The van der Waals surface area contributed by atoms with E-state index in [9.17, 15) is 5.11 Å². The van der Waals surface area contributed by atoms with Crippen LogP contribution in [0.2, 0.25) is 0 Å². The van der Waals surface area contributed by atoms with Crippen LogP contribution in [0.1, 0.15) is 43.4 Å². The van der Waals surface area contributed by atoms with Crippen molar-refractivity contribution in [1.29, 1.82) is 0 Å². The fourth-order valence-electron chi connectivity index (χ4n) is 2.93. The molecule has 2 aliphatic carbocycles. The van der Waals surface area contributed by atoms with Gasteiger partial charge in [-0.3, -0.25) is 0 Å². The summed E-state index contributed by atoms with van der Waals surface area (Å²) in [5.74, 6) is 1.02. The fourth-order valence-corrected chi connectivity index (χ4v) is 2.93. The number of rotatable bonds is 2. The minimum absolute atomic E-state index is 0.0824. The molecule has 1 aromatic heterocycles. The Morgan fingerprint density at radius 1 is 1.12 bits per heavy atom. The van der Waals surface area contributed by atoms with Crippen molar-refractivity contribution in [1.82, 2.24) is 4.98 Å². The minimum atomic E-state index is -0.0824. The molecule has 2 N–H and O–H groups in total. The number of fused-ring (bicyclic) bond motifs is 1. The second kappa shape index (κ2) is 4.65. The Morgan fingerprint density at radius 3 is 2.76 bits per heavy atom. The van der Waals surface area contributed by atoms with Crippen LogP contribution in [0.3, 0.4) is 0 Å². The molecule has 0 radical (unpaired) electrons. The molecule has 0 atom stereocenters. The van der Waals surface area contributed by atoms with Crippen LogP contribution in [0, 0.1) is 0 Å². The van der Waals surface area contributed by atoms with Crippen LogP contribution in [0.4, 0.5) is 5.82 Å². The zero-order valence-electron chi connectivity index (χ0n) is 10.2. The van der Waals surface area contributed by atoms with Crippen LogP contribution in [-0.2, 0) is 12.8 Å². The van der Waals surface area contributed by atoms with Crippen LogP contribution < -0.4 is 5.32 Å². The highest BCUT2D eigenvalue weighted by molar-refractivity contribution is 5.41. The van der Waals surface area contributed by atoms with E-state index in [1.54, 1.807) is 0 Å². The summed E-state index contributed by atoms with van der Waals surface area (Å²) in [6, 6.07) is 4.82. The fraction of sp³-hybridized carbons (Fsp3) is 0.643. The van der Waals surface area contributed by atoms with Crippen molar-refractivity contribution < 1.29 is 5.11 Å². The summed E-state index contributed by atoms with van der Waals surface area (Å²) in [5.41, 5.74) is 2.71. The van der Waals surface area contributed by atoms with E-state index in [0.717, 1.165) is 37.9 Å². The number of aromatic nitrogens is 1. The van der Waals surface area contributed by atoms with Crippen molar-refractivity contribution >= 4 is 5.82 Å². The Morgan fingerprint density at radius 2 is 1.94 bits per heavy atom. The maximum Gasteiger partial charge on any atom is 0.126 e. The molecule has 1 saturated carbocycles. The monoisotopic (exact) mass is 232 g/mol. The van der Waals surface area contributed by atoms with Gasteiger partial charge in [-0.1, -0.05) is 6.07 Å². The van der Waals surface area contributed by atoms with Crippen LogP contribution in [0.5, 0.6) is 0 Å². The van der Waals surface area contributed by atoms with Crippen molar-refractivity contribution in [3.8, 4) is 0 Å². The van der Waals surface area contributed by atoms with E-state index >= 15 is 0 Å². The van der Waals surface area contributed by atoms with Crippen LogP contribution in [0.25, 0.3) is 0 Å². The third-order valence-electron chi connectivity index (χ3n) is 3.98. The van der Waals surface area contributed by atoms with Crippen molar-refractivity contribution in [3.63, 3.8) is 0 Å². The first-order valence-electron chi connectivity index (χ1n) is 6.74. The molecule has 0 unspecified atom stereocenters. The van der Waals surface area contributed by atoms with Crippen molar-refractivity contribution in [2.24, 2.45) is 0 Å². The predicted octanol–water partition coefficient (Wildman–Crippen LogP) is 2.29. The molecule has 3 nitrogen and oxygen atoms in total. The summed E-state index contributed by atoms with van der Waals surface area (Å²) in [6.45, 7) is 0. The number of aliphatic hydroxyl groups is 1. The van der Waals surface area contributed by atoms with Gasteiger partial charge in [-0.15, -0.1) is 0 Å². The average Bonchev–Trinajstić information content (AvgIpc) is 2.79. The maximum absolute atomic E-state index is 9.48. The Kier molecular flexibility index (Phi) is 3.02. The van der Waals surface area contributed by atoms with Crippen LogP contribution in [0.15, 0.2) is 12.1 Å². The number of pyridine rings is 1. The van der Waals surface area contributed by atoms with Crippen LogP contribution >= 0.6 is 0 Å². The van der Waals surface area contributed by atoms with E-state index < -0.39 is 0 Å². The normalized spacial score (nSPS) is 27.8. The van der Waals surface area contributed by atoms with Gasteiger partial charge in [-0.05, 0) is 56.6 Å². The van der Waals surface area contributed by atoms with Gasteiger partial charge in [0.2, 0.25) is 0 Å². The highest BCUT2D eigenvalue weighted by atomic mass is 16.3. The van der Waals surface area contributed by atoms with Gasteiger partial charge in [0.15, 0.2) is 0 Å². The van der Waals surface area contributed by atoms with Gasteiger partial charge in [0.05, 0.1) is 6.10 Å². The Labute approximate surface area is 102 Å². The molecule has 1 aromatic rings. The van der Waals surface area contributed by atoms with Gasteiger partial charge in [-0.25, -0.2) is 4.98 Å². The number of nitrogens with zero attached hydrogens (tertiary/aromatic N) is 1. The van der Waals surface area contributed by atoms with E-state index in [1.165, 1.54) is 24.1 Å². The van der Waals surface area contributed by atoms with Crippen molar-refractivity contribution in [2.45, 2.75) is 57.1 Å². The second-order valence-electron chi connectivity index (χ2n) is 5.31. The largest absolute Gasteiger partial charge is 0.393 e.